The molecule has 0 aliphatic rings. The molecule has 4 aromatic carbocycles. The minimum atomic E-state index is -1.71. The fourth-order valence-electron chi connectivity index (χ4n) is 6.51. The standard InChI is InChI=1S/C42H41N5O8/c1-24(48)37(47-41(54)34-23-36(50)28-17-9-11-19-30(28)44-34)42(55)46-32(21-26-14-6-3-7-15-26)39(52)38(51)31(20-25-12-4-2-5-13-25)45-40(53)33-22-35(49)27-16-8-10-18-29(27)43-33/h2-19,22-24,31-32,37-39,48,51-52H,20-21H2,1H3,(H,43,49)(H,44,50)(H,45,53)(H,46,55)(H,47,54)/t24-,31+,32+,37+,38+,39+/m1/s1. The average molecular weight is 744 g/mol. The predicted octanol–water partition coefficient (Wildman–Crippen LogP) is 2.34. The number of nitrogens with one attached hydrogen (secondary N) is 5. The van der Waals surface area contributed by atoms with Crippen molar-refractivity contribution >= 4 is 39.5 Å². The zero-order valence-corrected chi connectivity index (χ0v) is 29.8. The van der Waals surface area contributed by atoms with Crippen LogP contribution in [-0.2, 0) is 17.6 Å². The summed E-state index contributed by atoms with van der Waals surface area (Å²) >= 11 is 0. The molecule has 6 rings (SSSR count). The third kappa shape index (κ3) is 9.22. The number of aromatic nitrogens is 2. The first-order valence-corrected chi connectivity index (χ1v) is 17.8. The Bertz CT molecular complexity index is 2410. The summed E-state index contributed by atoms with van der Waals surface area (Å²) in [5.74, 6) is -2.42. The normalized spacial score (nSPS) is 14.6. The number of fused-ring (bicyclic) bond motifs is 2. The number of hydrogen-bond donors (Lipinski definition) is 8. The Morgan fingerprint density at radius 2 is 0.964 bits per heavy atom. The van der Waals surface area contributed by atoms with E-state index in [0.717, 1.165) is 17.7 Å². The summed E-state index contributed by atoms with van der Waals surface area (Å²) in [5, 5.41) is 43.1. The number of aliphatic hydroxyl groups is 3. The molecule has 0 spiro atoms. The van der Waals surface area contributed by atoms with E-state index in [9.17, 15) is 39.3 Å². The third-order valence-corrected chi connectivity index (χ3v) is 9.43. The molecule has 13 heteroatoms. The van der Waals surface area contributed by atoms with Crippen molar-refractivity contribution in [3.63, 3.8) is 0 Å². The second kappa shape index (κ2) is 17.2. The number of amides is 3. The Kier molecular flexibility index (Phi) is 12.0. The highest BCUT2D eigenvalue weighted by Crippen LogP contribution is 2.17. The number of rotatable bonds is 14. The number of carbonyl (C=O) groups is 3. The van der Waals surface area contributed by atoms with E-state index in [1.165, 1.54) is 6.92 Å². The van der Waals surface area contributed by atoms with Gasteiger partial charge in [-0.25, -0.2) is 0 Å². The lowest BCUT2D eigenvalue weighted by molar-refractivity contribution is -0.127. The number of aromatic amines is 2. The number of aliphatic hydroxyl groups excluding tert-OH is 3. The van der Waals surface area contributed by atoms with E-state index in [0.29, 0.717) is 27.4 Å². The minimum Gasteiger partial charge on any atom is -0.391 e. The van der Waals surface area contributed by atoms with Crippen LogP contribution in [-0.4, -0.2) is 79.4 Å². The molecule has 0 radical (unpaired) electrons. The Morgan fingerprint density at radius 3 is 1.42 bits per heavy atom. The summed E-state index contributed by atoms with van der Waals surface area (Å²) in [4.78, 5) is 72.2. The Balaban J connectivity index is 1.26. The maximum Gasteiger partial charge on any atom is 0.268 e. The molecule has 6 aromatic rings. The molecule has 55 heavy (non-hydrogen) atoms. The summed E-state index contributed by atoms with van der Waals surface area (Å²) in [7, 11) is 0. The fraction of sp³-hybridized carbons (Fsp3) is 0.214. The van der Waals surface area contributed by atoms with Crippen LogP contribution < -0.4 is 26.8 Å². The second-order valence-corrected chi connectivity index (χ2v) is 13.4. The van der Waals surface area contributed by atoms with Crippen LogP contribution in [0.3, 0.4) is 0 Å². The van der Waals surface area contributed by atoms with Gasteiger partial charge in [0.2, 0.25) is 5.91 Å². The topological polar surface area (TPSA) is 214 Å². The first kappa shape index (κ1) is 38.3. The number of pyridine rings is 2. The van der Waals surface area contributed by atoms with Crippen molar-refractivity contribution in [2.45, 2.75) is 56.2 Å². The quantitative estimate of drug-likeness (QED) is 0.0828. The van der Waals surface area contributed by atoms with Crippen molar-refractivity contribution < 1.29 is 29.7 Å². The highest BCUT2D eigenvalue weighted by atomic mass is 16.3. The van der Waals surface area contributed by atoms with Gasteiger partial charge in [-0.2, -0.15) is 0 Å². The zero-order valence-electron chi connectivity index (χ0n) is 29.8. The summed E-state index contributed by atoms with van der Waals surface area (Å²) in [6.07, 6.45) is -4.76. The lowest BCUT2D eigenvalue weighted by Crippen LogP contribution is -2.61. The SMILES string of the molecule is C[C@@H](O)[C@H](NC(=O)c1cc(=O)c2ccccc2[nH]1)C(=O)N[C@@H](Cc1ccccc1)[C@H](O)[C@@H](O)[C@H](Cc1ccccc1)NC(=O)c1cc(=O)c2ccccc2[nH]1. The van der Waals surface area contributed by atoms with Gasteiger partial charge in [0.15, 0.2) is 10.9 Å². The van der Waals surface area contributed by atoms with Gasteiger partial charge in [0.05, 0.1) is 18.2 Å². The van der Waals surface area contributed by atoms with Gasteiger partial charge < -0.3 is 41.2 Å². The molecule has 13 nitrogen and oxygen atoms in total. The molecule has 3 amide bonds. The van der Waals surface area contributed by atoms with Gasteiger partial charge in [-0.05, 0) is 55.2 Å². The van der Waals surface area contributed by atoms with Crippen molar-refractivity contribution in [2.24, 2.45) is 0 Å². The first-order valence-electron chi connectivity index (χ1n) is 17.8. The zero-order chi connectivity index (χ0) is 39.1. The Morgan fingerprint density at radius 1 is 0.564 bits per heavy atom. The van der Waals surface area contributed by atoms with Crippen LogP contribution in [0.5, 0.6) is 0 Å². The van der Waals surface area contributed by atoms with Crippen LogP contribution in [0.15, 0.2) is 131 Å². The number of hydrogen-bond acceptors (Lipinski definition) is 8. The van der Waals surface area contributed by atoms with Crippen LogP contribution in [0.2, 0.25) is 0 Å². The van der Waals surface area contributed by atoms with Gasteiger partial charge in [0.1, 0.15) is 29.6 Å². The van der Waals surface area contributed by atoms with Crippen LogP contribution in [0.4, 0.5) is 0 Å². The van der Waals surface area contributed by atoms with Gasteiger partial charge in [-0.3, -0.25) is 24.0 Å². The summed E-state index contributed by atoms with van der Waals surface area (Å²) in [6, 6.07) is 29.5. The van der Waals surface area contributed by atoms with Crippen molar-refractivity contribution in [3.05, 3.63) is 164 Å². The number of carbonyl (C=O) groups excluding carboxylic acids is 3. The van der Waals surface area contributed by atoms with E-state index in [1.807, 2.05) is 6.07 Å². The fourth-order valence-corrected chi connectivity index (χ4v) is 6.51. The predicted molar refractivity (Wildman–Crippen MR) is 208 cm³/mol. The third-order valence-electron chi connectivity index (χ3n) is 9.43. The molecule has 0 saturated carbocycles. The van der Waals surface area contributed by atoms with Crippen LogP contribution >= 0.6 is 0 Å². The molecule has 0 saturated heterocycles. The van der Waals surface area contributed by atoms with Gasteiger partial charge >= 0.3 is 0 Å². The van der Waals surface area contributed by atoms with E-state index < -0.39 is 59.6 Å². The van der Waals surface area contributed by atoms with E-state index in [1.54, 1.807) is 103 Å². The van der Waals surface area contributed by atoms with Crippen molar-refractivity contribution in [1.29, 1.82) is 0 Å². The number of H-pyrrole nitrogens is 2. The Hall–Kier alpha value is -6.41. The smallest absolute Gasteiger partial charge is 0.268 e. The minimum absolute atomic E-state index is 0.00722. The Labute approximate surface area is 315 Å². The van der Waals surface area contributed by atoms with Crippen molar-refractivity contribution in [2.75, 3.05) is 0 Å². The molecule has 8 N–H and O–H groups in total. The monoisotopic (exact) mass is 743 g/mol. The van der Waals surface area contributed by atoms with E-state index in [-0.39, 0.29) is 29.7 Å². The van der Waals surface area contributed by atoms with Gasteiger partial charge in [0, 0.05) is 33.9 Å². The highest BCUT2D eigenvalue weighted by Gasteiger charge is 2.37. The molecule has 0 aliphatic carbocycles. The van der Waals surface area contributed by atoms with Crippen LogP contribution in [0.1, 0.15) is 39.0 Å². The lowest BCUT2D eigenvalue weighted by atomic mass is 9.90. The largest absolute Gasteiger partial charge is 0.391 e. The van der Waals surface area contributed by atoms with Gasteiger partial charge in [-0.1, -0.05) is 84.9 Å². The second-order valence-electron chi connectivity index (χ2n) is 13.4. The molecular formula is C42H41N5O8. The van der Waals surface area contributed by atoms with Crippen molar-refractivity contribution in [3.8, 4) is 0 Å². The number of benzene rings is 4. The molecule has 0 unspecified atom stereocenters. The van der Waals surface area contributed by atoms with E-state index in [2.05, 4.69) is 25.9 Å². The van der Waals surface area contributed by atoms with Gasteiger partial charge in [-0.15, -0.1) is 0 Å². The summed E-state index contributed by atoms with van der Waals surface area (Å²) in [5.41, 5.74) is 1.27. The van der Waals surface area contributed by atoms with E-state index >= 15 is 0 Å². The maximum atomic E-state index is 13.9. The first-order chi connectivity index (χ1) is 26.5. The van der Waals surface area contributed by atoms with Crippen molar-refractivity contribution in [1.82, 2.24) is 25.9 Å². The molecule has 282 valence electrons. The van der Waals surface area contributed by atoms with Crippen LogP contribution in [0, 0.1) is 0 Å². The highest BCUT2D eigenvalue weighted by molar-refractivity contribution is 5.98. The average Bonchev–Trinajstić information content (AvgIpc) is 3.19. The molecular weight excluding hydrogens is 702 g/mol. The van der Waals surface area contributed by atoms with E-state index in [4.69, 9.17) is 0 Å². The molecule has 2 heterocycles. The molecule has 0 bridgehead atoms. The van der Waals surface area contributed by atoms with Crippen LogP contribution in [0.25, 0.3) is 21.8 Å². The molecule has 0 fully saturated rings. The molecule has 0 aliphatic heterocycles. The number of para-hydroxylation sites is 2. The van der Waals surface area contributed by atoms with Gasteiger partial charge in [0.25, 0.3) is 11.8 Å². The lowest BCUT2D eigenvalue weighted by Gasteiger charge is -2.34. The summed E-state index contributed by atoms with van der Waals surface area (Å²) in [6.45, 7) is 1.30. The maximum absolute atomic E-state index is 13.9. The summed E-state index contributed by atoms with van der Waals surface area (Å²) < 4.78 is 0. The molecule has 6 atom stereocenters. The molecule has 2 aromatic heterocycles.